The first-order chi connectivity index (χ1) is 8.24. The van der Waals surface area contributed by atoms with Gasteiger partial charge in [0.2, 0.25) is 0 Å². The molecule has 0 saturated heterocycles. The predicted octanol–water partition coefficient (Wildman–Crippen LogP) is 3.63. The van der Waals surface area contributed by atoms with Crippen molar-refractivity contribution in [3.63, 3.8) is 0 Å². The van der Waals surface area contributed by atoms with Crippen LogP contribution in [0.15, 0.2) is 58.3 Å². The second-order valence-corrected chi connectivity index (χ2v) is 7.59. The van der Waals surface area contributed by atoms with Gasteiger partial charge in [0.15, 0.2) is 0 Å². The van der Waals surface area contributed by atoms with E-state index in [9.17, 15) is 0 Å². The van der Waals surface area contributed by atoms with Gasteiger partial charge in [-0.05, 0) is 0 Å². The third kappa shape index (κ3) is 4.45. The van der Waals surface area contributed by atoms with Gasteiger partial charge >= 0.3 is 126 Å². The van der Waals surface area contributed by atoms with Crippen LogP contribution < -0.4 is 5.29 Å². The van der Waals surface area contributed by atoms with E-state index in [-0.39, 0.29) is 0 Å². The molecule has 0 fully saturated rings. The van der Waals surface area contributed by atoms with Crippen molar-refractivity contribution in [2.75, 3.05) is 0 Å². The van der Waals surface area contributed by atoms with Gasteiger partial charge in [0.25, 0.3) is 0 Å². The number of rotatable bonds is 4. The summed E-state index contributed by atoms with van der Waals surface area (Å²) >= 11 is 6.62. The van der Waals surface area contributed by atoms with Gasteiger partial charge in [0.05, 0.1) is 0 Å². The molecule has 0 bridgehead atoms. The Labute approximate surface area is 125 Å². The van der Waals surface area contributed by atoms with Crippen molar-refractivity contribution in [2.24, 2.45) is 0 Å². The molecule has 17 heavy (non-hydrogen) atoms. The van der Waals surface area contributed by atoms with Crippen molar-refractivity contribution in [3.05, 3.63) is 48.5 Å². The van der Waals surface area contributed by atoms with E-state index in [4.69, 9.17) is 5.29 Å². The zero-order valence-corrected chi connectivity index (χ0v) is 16.3. The zero-order chi connectivity index (χ0) is 12.1. The van der Waals surface area contributed by atoms with Crippen molar-refractivity contribution in [1.29, 1.82) is 0 Å². The molecule has 0 atom stereocenters. The van der Waals surface area contributed by atoms with Crippen LogP contribution in [0.4, 0.5) is 0 Å². The molecule has 2 aromatic rings. The van der Waals surface area contributed by atoms with E-state index in [1.165, 1.54) is 0 Å². The Bertz CT molecular complexity index is 425. The molecule has 0 aliphatic carbocycles. The summed E-state index contributed by atoms with van der Waals surface area (Å²) in [5.74, 6) is 1.71. The van der Waals surface area contributed by atoms with Crippen molar-refractivity contribution < 1.29 is 30.8 Å². The summed E-state index contributed by atoms with van der Waals surface area (Å²) in [6.45, 7) is 0. The Hall–Kier alpha value is -0.325. The Morgan fingerprint density at radius 1 is 0.647 bits per heavy atom. The van der Waals surface area contributed by atoms with E-state index in [1.54, 1.807) is 0 Å². The molecule has 0 radical (unpaired) electrons. The SMILES string of the molecule is Sc1ccc([O][Hg][O]c2ccc(S)cc2)cc1. The summed E-state index contributed by atoms with van der Waals surface area (Å²) in [5.41, 5.74) is 0. The van der Waals surface area contributed by atoms with Crippen LogP contribution in [0.25, 0.3) is 0 Å². The van der Waals surface area contributed by atoms with Gasteiger partial charge < -0.3 is 0 Å². The summed E-state index contributed by atoms with van der Waals surface area (Å²) < 4.78 is 11.3. The Kier molecular flexibility index (Phi) is 5.07. The molecule has 2 nitrogen and oxygen atoms in total. The maximum absolute atomic E-state index is 5.64. The topological polar surface area (TPSA) is 18.5 Å². The predicted molar refractivity (Wildman–Crippen MR) is 68.6 cm³/mol. The molecule has 84 valence electrons. The van der Waals surface area contributed by atoms with E-state index < -0.39 is 25.5 Å². The quantitative estimate of drug-likeness (QED) is 0.547. The molecule has 0 aliphatic rings. The van der Waals surface area contributed by atoms with Gasteiger partial charge in [0.1, 0.15) is 0 Å². The third-order valence-electron chi connectivity index (χ3n) is 2.12. The first kappa shape index (κ1) is 13.1. The molecule has 0 heterocycles. The summed E-state index contributed by atoms with van der Waals surface area (Å²) in [5, 5.41) is 0. The van der Waals surface area contributed by atoms with Gasteiger partial charge in [-0.15, -0.1) is 0 Å². The van der Waals surface area contributed by atoms with Gasteiger partial charge in [-0.25, -0.2) is 0 Å². The summed E-state index contributed by atoms with van der Waals surface area (Å²) in [7, 11) is 0. The molecule has 0 aromatic heterocycles. The molecule has 2 rings (SSSR count). The molecule has 5 heteroatoms. The van der Waals surface area contributed by atoms with Crippen LogP contribution in [-0.2, 0) is 25.5 Å². The average Bonchev–Trinajstić information content (AvgIpc) is 2.34. The maximum atomic E-state index is 5.64. The Balaban J connectivity index is 1.83. The standard InChI is InChI=1S/2C6H6OS.Hg/c2*7-5-1-3-6(8)4-2-5;/h2*1-4,7-8H;/q;;+2/p-2. The van der Waals surface area contributed by atoms with Crippen molar-refractivity contribution >= 4 is 25.3 Å². The molecule has 0 amide bonds. The molecular weight excluding hydrogens is 441 g/mol. The molecule has 2 aromatic carbocycles. The van der Waals surface area contributed by atoms with E-state index in [2.05, 4.69) is 25.3 Å². The molecule has 0 spiro atoms. The van der Waals surface area contributed by atoms with Crippen LogP contribution in [-0.4, -0.2) is 0 Å². The minimum absolute atomic E-state index is 0.857. The minimum atomic E-state index is -1.80. The number of hydrogen-bond acceptors (Lipinski definition) is 4. The average molecular weight is 451 g/mol. The van der Waals surface area contributed by atoms with Crippen LogP contribution in [0.2, 0.25) is 0 Å². The number of benzene rings is 2. The van der Waals surface area contributed by atoms with Crippen molar-refractivity contribution in [1.82, 2.24) is 0 Å². The molecule has 0 saturated carbocycles. The monoisotopic (exact) mass is 452 g/mol. The molecule has 0 N–H and O–H groups in total. The Morgan fingerprint density at radius 2 is 1.00 bits per heavy atom. The fourth-order valence-electron chi connectivity index (χ4n) is 1.25. The van der Waals surface area contributed by atoms with E-state index in [0.717, 1.165) is 21.3 Å². The second kappa shape index (κ2) is 6.57. The first-order valence-electron chi connectivity index (χ1n) is 5.08. The third-order valence-corrected chi connectivity index (χ3v) is 6.23. The van der Waals surface area contributed by atoms with E-state index in [1.807, 2.05) is 48.5 Å². The van der Waals surface area contributed by atoms with E-state index >= 15 is 0 Å². The van der Waals surface area contributed by atoms with Crippen molar-refractivity contribution in [3.8, 4) is 11.5 Å². The normalized spacial score (nSPS) is 9.53. The van der Waals surface area contributed by atoms with Gasteiger partial charge in [-0.1, -0.05) is 0 Å². The van der Waals surface area contributed by atoms with Crippen LogP contribution in [0.3, 0.4) is 0 Å². The van der Waals surface area contributed by atoms with E-state index in [0.29, 0.717) is 0 Å². The van der Waals surface area contributed by atoms with Gasteiger partial charge in [-0.2, -0.15) is 0 Å². The van der Waals surface area contributed by atoms with Crippen LogP contribution in [0.1, 0.15) is 0 Å². The van der Waals surface area contributed by atoms with Crippen LogP contribution in [0.5, 0.6) is 11.5 Å². The van der Waals surface area contributed by atoms with Crippen molar-refractivity contribution in [2.45, 2.75) is 9.79 Å². The first-order valence-corrected chi connectivity index (χ1v) is 10.5. The molecule has 0 unspecified atom stereocenters. The molecule has 0 aliphatic heterocycles. The van der Waals surface area contributed by atoms with Crippen LogP contribution in [0, 0.1) is 0 Å². The number of thiol groups is 2. The zero-order valence-electron chi connectivity index (χ0n) is 9.04. The Morgan fingerprint density at radius 3 is 1.35 bits per heavy atom. The summed E-state index contributed by atoms with van der Waals surface area (Å²) in [6.07, 6.45) is 0. The van der Waals surface area contributed by atoms with Gasteiger partial charge in [-0.3, -0.25) is 0 Å². The fraction of sp³-hybridized carbons (Fsp3) is 0. The summed E-state index contributed by atoms with van der Waals surface area (Å²) in [4.78, 5) is 1.86. The van der Waals surface area contributed by atoms with Gasteiger partial charge in [0, 0.05) is 0 Å². The molecular formula is C12H10HgO2S2. The fourth-order valence-corrected chi connectivity index (χ4v) is 4.33. The van der Waals surface area contributed by atoms with Crippen LogP contribution >= 0.6 is 25.3 Å². The summed E-state index contributed by atoms with van der Waals surface area (Å²) in [6, 6.07) is 15.2. The number of hydrogen-bond donors (Lipinski definition) is 2. The second-order valence-electron chi connectivity index (χ2n) is 3.39.